The van der Waals surface area contributed by atoms with Gasteiger partial charge in [-0.3, -0.25) is 0 Å². The van der Waals surface area contributed by atoms with Crippen molar-refractivity contribution in [3.8, 4) is 0 Å². The molecule has 0 fully saturated rings. The van der Waals surface area contributed by atoms with Crippen molar-refractivity contribution in [2.75, 3.05) is 5.73 Å². The van der Waals surface area contributed by atoms with Crippen LogP contribution in [0, 0.1) is 0 Å². The number of para-hydroxylation sites is 1. The maximum Gasteiger partial charge on any atom is 0.228 e. The van der Waals surface area contributed by atoms with E-state index in [0.29, 0.717) is 5.16 Å². The van der Waals surface area contributed by atoms with E-state index in [4.69, 9.17) is 17.3 Å². The van der Waals surface area contributed by atoms with Crippen molar-refractivity contribution in [3.05, 3.63) is 29.5 Å². The van der Waals surface area contributed by atoms with Crippen LogP contribution in [-0.2, 0) is 0 Å². The summed E-state index contributed by atoms with van der Waals surface area (Å²) in [5, 5.41) is 0.540. The highest BCUT2D eigenvalue weighted by molar-refractivity contribution is 8.01. The number of nitrogen functional groups attached to an aromatic ring is 1. The Hall–Kier alpha value is -1.44. The van der Waals surface area contributed by atoms with Crippen LogP contribution < -0.4 is 5.73 Å². The molecule has 3 rings (SSSR count). The lowest BCUT2D eigenvalue weighted by atomic mass is 10.3. The third kappa shape index (κ3) is 2.38. The van der Waals surface area contributed by atoms with Gasteiger partial charge in [-0.25, -0.2) is 4.98 Å². The average Bonchev–Trinajstić information content (AvgIpc) is 2.69. The van der Waals surface area contributed by atoms with Gasteiger partial charge in [0.05, 0.1) is 10.2 Å². The molecule has 2 N–H and O–H groups in total. The quantitative estimate of drug-likeness (QED) is 0.783. The number of nitrogens with two attached hydrogens (primary N) is 1. The zero-order valence-corrected chi connectivity index (χ0v) is 11.3. The molecule has 8 heteroatoms. The summed E-state index contributed by atoms with van der Waals surface area (Å²) in [6.07, 6.45) is 0. The van der Waals surface area contributed by atoms with Gasteiger partial charge in [0.25, 0.3) is 0 Å². The van der Waals surface area contributed by atoms with Crippen LogP contribution in [0.2, 0.25) is 5.28 Å². The zero-order valence-electron chi connectivity index (χ0n) is 8.87. The van der Waals surface area contributed by atoms with E-state index in [1.807, 2.05) is 24.3 Å². The van der Waals surface area contributed by atoms with Crippen LogP contribution in [0.4, 0.5) is 5.95 Å². The van der Waals surface area contributed by atoms with Gasteiger partial charge in [0, 0.05) is 0 Å². The second kappa shape index (κ2) is 4.68. The lowest BCUT2D eigenvalue weighted by Gasteiger charge is -1.97. The Morgan fingerprint density at radius 3 is 2.72 bits per heavy atom. The third-order valence-electron chi connectivity index (χ3n) is 2.06. The fourth-order valence-electron chi connectivity index (χ4n) is 1.36. The van der Waals surface area contributed by atoms with E-state index in [1.54, 1.807) is 11.3 Å². The van der Waals surface area contributed by atoms with Crippen molar-refractivity contribution in [2.24, 2.45) is 0 Å². The molecule has 0 saturated carbocycles. The number of fused-ring (bicyclic) bond motifs is 1. The predicted molar refractivity (Wildman–Crippen MR) is 73.0 cm³/mol. The van der Waals surface area contributed by atoms with E-state index in [-0.39, 0.29) is 11.2 Å². The molecule has 0 bridgehead atoms. The molecule has 0 saturated heterocycles. The summed E-state index contributed by atoms with van der Waals surface area (Å²) in [5.74, 6) is 0.110. The number of halogens is 1. The molecule has 18 heavy (non-hydrogen) atoms. The fraction of sp³-hybridized carbons (Fsp3) is 0. The molecule has 3 aromatic rings. The van der Waals surface area contributed by atoms with Crippen LogP contribution in [0.5, 0.6) is 0 Å². The molecule has 0 aliphatic rings. The van der Waals surface area contributed by atoms with E-state index < -0.39 is 0 Å². The highest BCUT2D eigenvalue weighted by atomic mass is 35.5. The van der Waals surface area contributed by atoms with Gasteiger partial charge in [-0.05, 0) is 35.5 Å². The first-order valence-corrected chi connectivity index (χ1v) is 6.92. The maximum atomic E-state index is 5.72. The van der Waals surface area contributed by atoms with Crippen LogP contribution >= 0.6 is 34.7 Å². The predicted octanol–water partition coefficient (Wildman–Crippen LogP) is 2.87. The van der Waals surface area contributed by atoms with E-state index in [1.165, 1.54) is 11.8 Å². The van der Waals surface area contributed by atoms with Gasteiger partial charge >= 0.3 is 0 Å². The van der Waals surface area contributed by atoms with Gasteiger partial charge in [-0.2, -0.15) is 15.0 Å². The van der Waals surface area contributed by atoms with Crippen molar-refractivity contribution in [2.45, 2.75) is 9.50 Å². The zero-order chi connectivity index (χ0) is 12.5. The van der Waals surface area contributed by atoms with Crippen molar-refractivity contribution in [1.82, 2.24) is 19.9 Å². The molecule has 5 nitrogen and oxygen atoms in total. The molecule has 0 spiro atoms. The lowest BCUT2D eigenvalue weighted by Crippen LogP contribution is -1.98. The Labute approximate surface area is 115 Å². The molecule has 1 aromatic carbocycles. The highest BCUT2D eigenvalue weighted by Gasteiger charge is 2.09. The van der Waals surface area contributed by atoms with Crippen molar-refractivity contribution < 1.29 is 0 Å². The number of thiazole rings is 1. The van der Waals surface area contributed by atoms with Crippen LogP contribution in [0.1, 0.15) is 0 Å². The molecule has 90 valence electrons. The molecule has 0 unspecified atom stereocenters. The monoisotopic (exact) mass is 295 g/mol. The van der Waals surface area contributed by atoms with Gasteiger partial charge in [-0.15, -0.1) is 11.3 Å². The molecule has 0 radical (unpaired) electrons. The summed E-state index contributed by atoms with van der Waals surface area (Å²) in [4.78, 5) is 16.2. The number of benzene rings is 1. The molecule has 2 heterocycles. The molecule has 2 aromatic heterocycles. The van der Waals surface area contributed by atoms with Gasteiger partial charge in [0.1, 0.15) is 0 Å². The lowest BCUT2D eigenvalue weighted by molar-refractivity contribution is 0.916. The summed E-state index contributed by atoms with van der Waals surface area (Å²) >= 11 is 8.62. The topological polar surface area (TPSA) is 77.6 Å². The van der Waals surface area contributed by atoms with Crippen LogP contribution in [0.3, 0.4) is 0 Å². The summed E-state index contributed by atoms with van der Waals surface area (Å²) in [6.45, 7) is 0. The smallest absolute Gasteiger partial charge is 0.228 e. The van der Waals surface area contributed by atoms with E-state index >= 15 is 0 Å². The van der Waals surface area contributed by atoms with E-state index in [9.17, 15) is 0 Å². The molecular formula is C10H6ClN5S2. The van der Waals surface area contributed by atoms with Crippen molar-refractivity contribution >= 4 is 50.9 Å². The molecular weight excluding hydrogens is 290 g/mol. The normalized spacial score (nSPS) is 10.9. The van der Waals surface area contributed by atoms with Gasteiger partial charge in [-0.1, -0.05) is 12.1 Å². The van der Waals surface area contributed by atoms with Gasteiger partial charge in [0.2, 0.25) is 16.4 Å². The minimum atomic E-state index is 0.0890. The standard InChI is InChI=1S/C10H6ClN5S2/c11-7-14-8(12)16-9(15-7)18-10-13-5-3-1-2-4-6(5)17-10/h1-4H,(H2,12,14,15,16). The number of hydrogen-bond acceptors (Lipinski definition) is 7. The van der Waals surface area contributed by atoms with Gasteiger partial charge in [0.15, 0.2) is 4.34 Å². The van der Waals surface area contributed by atoms with E-state index in [2.05, 4.69) is 19.9 Å². The Bertz CT molecular complexity index is 661. The van der Waals surface area contributed by atoms with Crippen LogP contribution in [0.25, 0.3) is 10.2 Å². The Kier molecular flexibility index (Phi) is 3.02. The summed E-state index contributed by atoms with van der Waals surface area (Å²) in [6, 6.07) is 7.91. The Morgan fingerprint density at radius 1 is 1.11 bits per heavy atom. The summed E-state index contributed by atoms with van der Waals surface area (Å²) in [7, 11) is 0. The van der Waals surface area contributed by atoms with Crippen LogP contribution in [0.15, 0.2) is 33.8 Å². The molecule has 0 aliphatic carbocycles. The summed E-state index contributed by atoms with van der Waals surface area (Å²) in [5.41, 5.74) is 6.47. The SMILES string of the molecule is Nc1nc(Cl)nc(Sc2nc3ccccc3s2)n1. The minimum absolute atomic E-state index is 0.0890. The van der Waals surface area contributed by atoms with E-state index in [0.717, 1.165) is 14.6 Å². The first-order chi connectivity index (χ1) is 8.70. The first kappa shape index (κ1) is 11.6. The Balaban J connectivity index is 1.96. The number of nitrogens with zero attached hydrogens (tertiary/aromatic N) is 4. The van der Waals surface area contributed by atoms with Crippen LogP contribution in [-0.4, -0.2) is 19.9 Å². The Morgan fingerprint density at radius 2 is 1.94 bits per heavy atom. The average molecular weight is 296 g/mol. The molecule has 0 amide bonds. The van der Waals surface area contributed by atoms with Crippen molar-refractivity contribution in [3.63, 3.8) is 0 Å². The minimum Gasteiger partial charge on any atom is -0.368 e. The number of aromatic nitrogens is 4. The highest BCUT2D eigenvalue weighted by Crippen LogP contribution is 2.32. The third-order valence-corrected chi connectivity index (χ3v) is 4.19. The van der Waals surface area contributed by atoms with Crippen molar-refractivity contribution in [1.29, 1.82) is 0 Å². The molecule has 0 atom stereocenters. The first-order valence-electron chi connectivity index (χ1n) is 4.91. The number of hydrogen-bond donors (Lipinski definition) is 1. The largest absolute Gasteiger partial charge is 0.368 e. The number of anilines is 1. The van der Waals surface area contributed by atoms with Gasteiger partial charge < -0.3 is 5.73 Å². The second-order valence-corrected chi connectivity index (χ2v) is 5.88. The maximum absolute atomic E-state index is 5.72. The summed E-state index contributed by atoms with van der Waals surface area (Å²) < 4.78 is 1.96. The number of rotatable bonds is 2. The second-order valence-electron chi connectivity index (χ2n) is 3.29. The fourth-order valence-corrected chi connectivity index (χ4v) is 3.51. The molecule has 0 aliphatic heterocycles.